The molecule has 1 aliphatic rings. The molecule has 0 radical (unpaired) electrons. The van der Waals surface area contributed by atoms with E-state index in [0.717, 1.165) is 38.6 Å². The van der Waals surface area contributed by atoms with Crippen molar-refractivity contribution in [1.82, 2.24) is 20.4 Å². The Morgan fingerprint density at radius 2 is 2.00 bits per heavy atom. The van der Waals surface area contributed by atoms with E-state index in [0.29, 0.717) is 6.04 Å². The molecule has 1 saturated heterocycles. The Morgan fingerprint density at radius 1 is 1.24 bits per heavy atom. The van der Waals surface area contributed by atoms with Crippen molar-refractivity contribution in [2.24, 2.45) is 4.99 Å². The Balaban J connectivity index is 0.00000312. The summed E-state index contributed by atoms with van der Waals surface area (Å²) in [5.41, 5.74) is 1.40. The lowest BCUT2D eigenvalue weighted by Crippen LogP contribution is -2.45. The highest BCUT2D eigenvalue weighted by Gasteiger charge is 2.24. The fourth-order valence-corrected chi connectivity index (χ4v) is 3.19. The van der Waals surface area contributed by atoms with Crippen LogP contribution >= 0.6 is 24.0 Å². The van der Waals surface area contributed by atoms with E-state index < -0.39 is 0 Å². The molecular weight excluding hydrogens is 425 g/mol. The second kappa shape index (κ2) is 12.5. The molecular formula is C19H34IN5. The van der Waals surface area contributed by atoms with Crippen molar-refractivity contribution < 1.29 is 0 Å². The van der Waals surface area contributed by atoms with Crippen molar-refractivity contribution in [3.63, 3.8) is 0 Å². The lowest BCUT2D eigenvalue weighted by molar-refractivity contribution is 0.245. The fourth-order valence-electron chi connectivity index (χ4n) is 3.19. The second-order valence-corrected chi connectivity index (χ2v) is 6.79. The van der Waals surface area contributed by atoms with Crippen LogP contribution in [-0.4, -0.2) is 69.1 Å². The molecule has 0 amide bonds. The summed E-state index contributed by atoms with van der Waals surface area (Å²) in [5, 5.41) is 6.91. The van der Waals surface area contributed by atoms with Gasteiger partial charge in [-0.25, -0.2) is 0 Å². The van der Waals surface area contributed by atoms with Gasteiger partial charge in [0, 0.05) is 32.7 Å². The highest BCUT2D eigenvalue weighted by Crippen LogP contribution is 2.19. The number of likely N-dealkylation sites (tertiary alicyclic amines) is 1. The van der Waals surface area contributed by atoms with Gasteiger partial charge in [0.05, 0.1) is 0 Å². The van der Waals surface area contributed by atoms with Gasteiger partial charge in [-0.3, -0.25) is 9.89 Å². The van der Waals surface area contributed by atoms with Crippen LogP contribution in [0.4, 0.5) is 0 Å². The molecule has 142 valence electrons. The molecule has 1 aromatic rings. The summed E-state index contributed by atoms with van der Waals surface area (Å²) in [7, 11) is 6.06. The number of halogens is 1. The third-order valence-corrected chi connectivity index (χ3v) is 4.53. The number of rotatable bonds is 8. The zero-order valence-corrected chi connectivity index (χ0v) is 18.2. The van der Waals surface area contributed by atoms with Gasteiger partial charge in [0.25, 0.3) is 0 Å². The van der Waals surface area contributed by atoms with Gasteiger partial charge in [0.15, 0.2) is 5.96 Å². The number of benzene rings is 1. The number of nitrogens with zero attached hydrogens (tertiary/aromatic N) is 3. The summed E-state index contributed by atoms with van der Waals surface area (Å²) < 4.78 is 0. The van der Waals surface area contributed by atoms with E-state index >= 15 is 0 Å². The molecule has 0 aromatic heterocycles. The first-order valence-electron chi connectivity index (χ1n) is 9.06. The van der Waals surface area contributed by atoms with Gasteiger partial charge in [-0.05, 0) is 52.0 Å². The third-order valence-electron chi connectivity index (χ3n) is 4.53. The van der Waals surface area contributed by atoms with E-state index in [1.807, 2.05) is 7.05 Å². The van der Waals surface area contributed by atoms with Crippen LogP contribution in [-0.2, 0) is 6.54 Å². The first kappa shape index (κ1) is 22.2. The Morgan fingerprint density at radius 3 is 2.68 bits per heavy atom. The fraction of sp³-hybridized carbons (Fsp3) is 0.632. The molecule has 1 fully saturated rings. The Bertz CT molecular complexity index is 492. The molecule has 1 atom stereocenters. The zero-order chi connectivity index (χ0) is 17.2. The van der Waals surface area contributed by atoms with Crippen LogP contribution in [0.2, 0.25) is 0 Å². The smallest absolute Gasteiger partial charge is 0.191 e. The number of hydrogen-bond acceptors (Lipinski definition) is 3. The topological polar surface area (TPSA) is 42.9 Å². The maximum atomic E-state index is 4.34. The summed E-state index contributed by atoms with van der Waals surface area (Å²) in [6.45, 7) is 5.24. The molecule has 0 aliphatic carbocycles. The maximum absolute atomic E-state index is 4.34. The summed E-state index contributed by atoms with van der Waals surface area (Å²) in [6.07, 6.45) is 3.67. The minimum absolute atomic E-state index is 0. The lowest BCUT2D eigenvalue weighted by Gasteiger charge is -2.25. The van der Waals surface area contributed by atoms with Crippen molar-refractivity contribution in [3.05, 3.63) is 35.9 Å². The minimum Gasteiger partial charge on any atom is -0.356 e. The van der Waals surface area contributed by atoms with Crippen LogP contribution in [0.25, 0.3) is 0 Å². The predicted octanol–water partition coefficient (Wildman–Crippen LogP) is 2.39. The molecule has 6 heteroatoms. The van der Waals surface area contributed by atoms with Crippen LogP contribution in [0.5, 0.6) is 0 Å². The molecule has 2 N–H and O–H groups in total. The minimum atomic E-state index is 0. The van der Waals surface area contributed by atoms with Crippen LogP contribution in [0.3, 0.4) is 0 Å². The van der Waals surface area contributed by atoms with Gasteiger partial charge < -0.3 is 15.5 Å². The summed E-state index contributed by atoms with van der Waals surface area (Å²) in [4.78, 5) is 9.13. The van der Waals surface area contributed by atoms with E-state index in [9.17, 15) is 0 Å². The molecule has 25 heavy (non-hydrogen) atoms. The molecule has 1 heterocycles. The molecule has 1 aliphatic heterocycles. The van der Waals surface area contributed by atoms with Crippen LogP contribution in [0, 0.1) is 0 Å². The van der Waals surface area contributed by atoms with Crippen LogP contribution in [0.15, 0.2) is 35.3 Å². The van der Waals surface area contributed by atoms with Crippen molar-refractivity contribution >= 4 is 29.9 Å². The highest BCUT2D eigenvalue weighted by atomic mass is 127. The SMILES string of the molecule is CN=C(NCCCN(C)C)NCC1CCCN1Cc1ccccc1.I. The van der Waals surface area contributed by atoms with Crippen LogP contribution in [0.1, 0.15) is 24.8 Å². The van der Waals surface area contributed by atoms with Crippen molar-refractivity contribution in [2.45, 2.75) is 31.8 Å². The Kier molecular flexibility index (Phi) is 11.1. The third kappa shape index (κ3) is 8.37. The first-order chi connectivity index (χ1) is 11.7. The van der Waals surface area contributed by atoms with E-state index in [1.54, 1.807) is 0 Å². The zero-order valence-electron chi connectivity index (χ0n) is 15.9. The summed E-state index contributed by atoms with van der Waals surface area (Å²) >= 11 is 0. The van der Waals surface area contributed by atoms with Crippen LogP contribution < -0.4 is 10.6 Å². The largest absolute Gasteiger partial charge is 0.356 e. The average Bonchev–Trinajstić information content (AvgIpc) is 3.02. The van der Waals surface area contributed by atoms with E-state index in [-0.39, 0.29) is 24.0 Å². The highest BCUT2D eigenvalue weighted by molar-refractivity contribution is 14.0. The van der Waals surface area contributed by atoms with Crippen molar-refractivity contribution in [2.75, 3.05) is 47.3 Å². The van der Waals surface area contributed by atoms with E-state index in [2.05, 4.69) is 69.9 Å². The molecule has 1 aromatic carbocycles. The summed E-state index contributed by atoms with van der Waals surface area (Å²) in [6, 6.07) is 11.3. The van der Waals surface area contributed by atoms with Gasteiger partial charge in [0.1, 0.15) is 0 Å². The van der Waals surface area contributed by atoms with Gasteiger partial charge in [-0.1, -0.05) is 30.3 Å². The monoisotopic (exact) mass is 459 g/mol. The van der Waals surface area contributed by atoms with Gasteiger partial charge in [-0.2, -0.15) is 0 Å². The Hall–Kier alpha value is -0.860. The lowest BCUT2D eigenvalue weighted by atomic mass is 10.2. The quantitative estimate of drug-likeness (QED) is 0.271. The normalized spacial score (nSPS) is 18.2. The van der Waals surface area contributed by atoms with E-state index in [1.165, 1.54) is 24.9 Å². The summed E-state index contributed by atoms with van der Waals surface area (Å²) in [5.74, 6) is 0.917. The molecule has 0 bridgehead atoms. The predicted molar refractivity (Wildman–Crippen MR) is 118 cm³/mol. The van der Waals surface area contributed by atoms with E-state index in [4.69, 9.17) is 0 Å². The molecule has 0 spiro atoms. The van der Waals surface area contributed by atoms with Crippen molar-refractivity contribution in [1.29, 1.82) is 0 Å². The molecule has 1 unspecified atom stereocenters. The first-order valence-corrected chi connectivity index (χ1v) is 9.06. The molecule has 5 nitrogen and oxygen atoms in total. The Labute approximate surface area is 170 Å². The second-order valence-electron chi connectivity index (χ2n) is 6.79. The van der Waals surface area contributed by atoms with Crippen molar-refractivity contribution in [3.8, 4) is 0 Å². The number of guanidine groups is 1. The standard InChI is InChI=1S/C19H33N5.HI/c1-20-19(21-12-8-13-23(2)3)22-15-18-11-7-14-24(18)16-17-9-5-4-6-10-17;/h4-6,9-10,18H,7-8,11-16H2,1-3H3,(H2,20,21,22);1H. The number of nitrogens with one attached hydrogen (secondary N) is 2. The maximum Gasteiger partial charge on any atom is 0.191 e. The number of aliphatic imine (C=N–C) groups is 1. The van der Waals surface area contributed by atoms with Gasteiger partial charge in [-0.15, -0.1) is 24.0 Å². The van der Waals surface area contributed by atoms with Gasteiger partial charge >= 0.3 is 0 Å². The molecule has 2 rings (SSSR count). The van der Waals surface area contributed by atoms with Gasteiger partial charge in [0.2, 0.25) is 0 Å². The number of hydrogen-bond donors (Lipinski definition) is 2. The molecule has 0 saturated carbocycles. The average molecular weight is 459 g/mol.